The van der Waals surface area contributed by atoms with Gasteiger partial charge in [0.25, 0.3) is 0 Å². The zero-order valence-corrected chi connectivity index (χ0v) is 6.81. The van der Waals surface area contributed by atoms with E-state index in [-0.39, 0.29) is 5.78 Å². The summed E-state index contributed by atoms with van der Waals surface area (Å²) < 4.78 is 0. The third-order valence-electron chi connectivity index (χ3n) is 2.38. The van der Waals surface area contributed by atoms with Crippen LogP contribution in [0.15, 0.2) is 0 Å². The molecule has 1 rings (SSSR count). The molecular weight excluding hydrogens is 138 g/mol. The summed E-state index contributed by atoms with van der Waals surface area (Å²) in [6.07, 6.45) is 7.83. The van der Waals surface area contributed by atoms with Gasteiger partial charge in [0.1, 0.15) is 0 Å². The van der Waals surface area contributed by atoms with E-state index in [0.717, 1.165) is 6.21 Å². The van der Waals surface area contributed by atoms with E-state index in [4.69, 9.17) is 5.41 Å². The van der Waals surface area contributed by atoms with Gasteiger partial charge in [0.05, 0.1) is 6.21 Å². The lowest BCUT2D eigenvalue weighted by Gasteiger charge is -2.19. The van der Waals surface area contributed by atoms with Gasteiger partial charge in [-0.3, -0.25) is 4.79 Å². The second-order valence-electron chi connectivity index (χ2n) is 3.32. The lowest BCUT2D eigenvalue weighted by Crippen LogP contribution is -2.12. The molecule has 0 saturated heterocycles. The smallest absolute Gasteiger partial charge is 0.173 e. The van der Waals surface area contributed by atoms with Crippen LogP contribution in [-0.4, -0.2) is 12.0 Å². The monoisotopic (exact) mass is 153 g/mol. The van der Waals surface area contributed by atoms with Crippen molar-refractivity contribution in [1.29, 1.82) is 5.41 Å². The second kappa shape index (κ2) is 4.27. The number of rotatable bonds is 3. The zero-order chi connectivity index (χ0) is 8.10. The standard InChI is InChI=1S/C9H15NO/c10-7-9(11)6-8-4-2-1-3-5-8/h7-8,10H,1-6H2. The summed E-state index contributed by atoms with van der Waals surface area (Å²) in [6, 6.07) is 0. The van der Waals surface area contributed by atoms with Gasteiger partial charge in [-0.05, 0) is 5.92 Å². The maximum Gasteiger partial charge on any atom is 0.173 e. The van der Waals surface area contributed by atoms with E-state index in [9.17, 15) is 4.79 Å². The van der Waals surface area contributed by atoms with E-state index in [1.54, 1.807) is 0 Å². The number of hydrogen-bond acceptors (Lipinski definition) is 2. The molecule has 1 aliphatic carbocycles. The minimum Gasteiger partial charge on any atom is -0.305 e. The first-order chi connectivity index (χ1) is 5.33. The molecule has 1 aliphatic rings. The first kappa shape index (κ1) is 8.44. The number of carbonyl (C=O) groups excluding carboxylic acids is 1. The van der Waals surface area contributed by atoms with Crippen LogP contribution in [0.1, 0.15) is 38.5 Å². The number of ketones is 1. The normalized spacial score (nSPS) is 19.6. The number of hydrogen-bond donors (Lipinski definition) is 1. The Morgan fingerprint density at radius 3 is 2.55 bits per heavy atom. The fraction of sp³-hybridized carbons (Fsp3) is 0.778. The fourth-order valence-electron chi connectivity index (χ4n) is 1.73. The highest BCUT2D eigenvalue weighted by Crippen LogP contribution is 2.25. The summed E-state index contributed by atoms with van der Waals surface area (Å²) in [5.74, 6) is 0.578. The molecule has 0 aromatic carbocycles. The Kier molecular flexibility index (Phi) is 3.27. The third kappa shape index (κ3) is 2.83. The lowest BCUT2D eigenvalue weighted by atomic mass is 9.86. The average molecular weight is 153 g/mol. The summed E-state index contributed by atoms with van der Waals surface area (Å²) in [7, 11) is 0. The predicted molar refractivity (Wildman–Crippen MR) is 45.0 cm³/mol. The van der Waals surface area contributed by atoms with Crippen molar-refractivity contribution in [3.63, 3.8) is 0 Å². The third-order valence-corrected chi connectivity index (χ3v) is 2.38. The van der Waals surface area contributed by atoms with Gasteiger partial charge in [-0.1, -0.05) is 32.1 Å². The van der Waals surface area contributed by atoms with Gasteiger partial charge in [0.15, 0.2) is 5.78 Å². The Balaban J connectivity index is 2.24. The molecule has 0 amide bonds. The summed E-state index contributed by atoms with van der Waals surface area (Å²) >= 11 is 0. The molecule has 0 aromatic heterocycles. The largest absolute Gasteiger partial charge is 0.305 e. The van der Waals surface area contributed by atoms with Crippen molar-refractivity contribution in [2.24, 2.45) is 5.92 Å². The Labute approximate surface area is 67.5 Å². The van der Waals surface area contributed by atoms with Crippen molar-refractivity contribution in [1.82, 2.24) is 0 Å². The Bertz CT molecular complexity index is 148. The van der Waals surface area contributed by atoms with Gasteiger partial charge in [-0.25, -0.2) is 0 Å². The van der Waals surface area contributed by atoms with Crippen LogP contribution in [0.25, 0.3) is 0 Å². The van der Waals surface area contributed by atoms with Crippen LogP contribution in [0.2, 0.25) is 0 Å². The molecule has 0 spiro atoms. The van der Waals surface area contributed by atoms with Crippen molar-refractivity contribution in [2.75, 3.05) is 0 Å². The van der Waals surface area contributed by atoms with Crippen LogP contribution in [0, 0.1) is 11.3 Å². The van der Waals surface area contributed by atoms with Crippen molar-refractivity contribution in [3.05, 3.63) is 0 Å². The molecular formula is C9H15NO. The minimum atomic E-state index is -0.00287. The molecule has 0 radical (unpaired) electrons. The summed E-state index contributed by atoms with van der Waals surface area (Å²) in [5.41, 5.74) is 0. The van der Waals surface area contributed by atoms with E-state index in [0.29, 0.717) is 12.3 Å². The van der Waals surface area contributed by atoms with E-state index >= 15 is 0 Å². The Hall–Kier alpha value is -0.660. The molecule has 1 N–H and O–H groups in total. The predicted octanol–water partition coefficient (Wildman–Crippen LogP) is 2.18. The Morgan fingerprint density at radius 2 is 2.00 bits per heavy atom. The van der Waals surface area contributed by atoms with Crippen LogP contribution in [0.4, 0.5) is 0 Å². The Morgan fingerprint density at radius 1 is 1.36 bits per heavy atom. The minimum absolute atomic E-state index is 0.00287. The SMILES string of the molecule is N=CC(=O)CC1CCCCC1. The maximum atomic E-state index is 10.8. The van der Waals surface area contributed by atoms with Gasteiger partial charge in [0, 0.05) is 6.42 Å². The van der Waals surface area contributed by atoms with Gasteiger partial charge >= 0.3 is 0 Å². The van der Waals surface area contributed by atoms with E-state index in [2.05, 4.69) is 0 Å². The van der Waals surface area contributed by atoms with Gasteiger partial charge in [0.2, 0.25) is 0 Å². The van der Waals surface area contributed by atoms with Crippen LogP contribution < -0.4 is 0 Å². The number of carbonyl (C=O) groups is 1. The van der Waals surface area contributed by atoms with Crippen molar-refractivity contribution < 1.29 is 4.79 Å². The highest BCUT2D eigenvalue weighted by molar-refractivity contribution is 6.26. The highest BCUT2D eigenvalue weighted by atomic mass is 16.1. The molecule has 2 heteroatoms. The fourth-order valence-corrected chi connectivity index (χ4v) is 1.73. The van der Waals surface area contributed by atoms with E-state index in [1.165, 1.54) is 32.1 Å². The average Bonchev–Trinajstić information content (AvgIpc) is 2.06. The van der Waals surface area contributed by atoms with Crippen molar-refractivity contribution in [2.45, 2.75) is 38.5 Å². The summed E-state index contributed by atoms with van der Waals surface area (Å²) in [4.78, 5) is 10.8. The topological polar surface area (TPSA) is 40.9 Å². The molecule has 62 valence electrons. The van der Waals surface area contributed by atoms with Crippen molar-refractivity contribution >= 4 is 12.0 Å². The molecule has 11 heavy (non-hydrogen) atoms. The van der Waals surface area contributed by atoms with Crippen LogP contribution >= 0.6 is 0 Å². The molecule has 0 aliphatic heterocycles. The molecule has 0 unspecified atom stereocenters. The number of Topliss-reactive ketones (excluding diaryl/α,β-unsaturated/α-hetero) is 1. The quantitative estimate of drug-likeness (QED) is 0.620. The molecule has 1 saturated carbocycles. The molecule has 1 fully saturated rings. The van der Waals surface area contributed by atoms with Crippen LogP contribution in [-0.2, 0) is 4.79 Å². The zero-order valence-electron chi connectivity index (χ0n) is 6.81. The first-order valence-corrected chi connectivity index (χ1v) is 4.36. The van der Waals surface area contributed by atoms with Gasteiger partial charge < -0.3 is 5.41 Å². The first-order valence-electron chi connectivity index (χ1n) is 4.36. The van der Waals surface area contributed by atoms with E-state index < -0.39 is 0 Å². The van der Waals surface area contributed by atoms with Gasteiger partial charge in [-0.15, -0.1) is 0 Å². The molecule has 0 atom stereocenters. The van der Waals surface area contributed by atoms with Crippen LogP contribution in [0.5, 0.6) is 0 Å². The molecule has 2 nitrogen and oxygen atoms in total. The lowest BCUT2D eigenvalue weighted by molar-refractivity contribution is -0.113. The van der Waals surface area contributed by atoms with Gasteiger partial charge in [-0.2, -0.15) is 0 Å². The second-order valence-corrected chi connectivity index (χ2v) is 3.32. The molecule has 0 aromatic rings. The highest BCUT2D eigenvalue weighted by Gasteiger charge is 2.15. The number of nitrogens with one attached hydrogen (secondary N) is 1. The van der Waals surface area contributed by atoms with Crippen molar-refractivity contribution in [3.8, 4) is 0 Å². The molecule has 0 bridgehead atoms. The van der Waals surface area contributed by atoms with E-state index in [1.807, 2.05) is 0 Å². The molecule has 0 heterocycles. The summed E-state index contributed by atoms with van der Waals surface area (Å²) in [6.45, 7) is 0. The maximum absolute atomic E-state index is 10.8. The summed E-state index contributed by atoms with van der Waals surface area (Å²) in [5, 5.41) is 6.75. The van der Waals surface area contributed by atoms with Crippen LogP contribution in [0.3, 0.4) is 0 Å².